The Hall–Kier alpha value is -1.32. The molecule has 1 N–H and O–H groups in total. The normalized spacial score (nSPS) is 19.7. The van der Waals surface area contributed by atoms with Gasteiger partial charge in [-0.2, -0.15) is 0 Å². The molecule has 0 saturated carbocycles. The molecular formula is C11H14F2N2. The maximum atomic E-state index is 13.4. The molecule has 0 aromatic heterocycles. The van der Waals surface area contributed by atoms with Crippen molar-refractivity contribution < 1.29 is 8.78 Å². The number of hydrogen-bond acceptors (Lipinski definition) is 2. The van der Waals surface area contributed by atoms with Gasteiger partial charge in [-0.1, -0.05) is 6.92 Å². The number of hydrogen-bond donors (Lipinski definition) is 1. The number of likely N-dealkylation sites (N-methyl/N-ethyl adjacent to an activating group) is 1. The Morgan fingerprint density at radius 3 is 2.87 bits per heavy atom. The minimum absolute atomic E-state index is 0.290. The molecule has 4 heteroatoms. The highest BCUT2D eigenvalue weighted by atomic mass is 19.1. The summed E-state index contributed by atoms with van der Waals surface area (Å²) in [6, 6.07) is 2.57. The first-order valence-corrected chi connectivity index (χ1v) is 5.09. The van der Waals surface area contributed by atoms with E-state index in [0.29, 0.717) is 24.0 Å². The zero-order valence-electron chi connectivity index (χ0n) is 8.85. The number of halogens is 2. The number of nitrogens with zero attached hydrogens (tertiary/aromatic N) is 1. The number of benzene rings is 1. The van der Waals surface area contributed by atoms with Crippen LogP contribution in [0.25, 0.3) is 0 Å². The molecule has 0 spiro atoms. The summed E-state index contributed by atoms with van der Waals surface area (Å²) in [6.45, 7) is 2.76. The second-order valence-electron chi connectivity index (χ2n) is 3.84. The van der Waals surface area contributed by atoms with Crippen molar-refractivity contribution in [2.45, 2.75) is 19.4 Å². The average Bonchev–Trinajstić information content (AvgIpc) is 2.19. The first-order chi connectivity index (χ1) is 7.13. The van der Waals surface area contributed by atoms with Crippen LogP contribution >= 0.6 is 0 Å². The van der Waals surface area contributed by atoms with E-state index in [1.165, 1.54) is 6.07 Å². The molecule has 1 heterocycles. The second-order valence-corrected chi connectivity index (χ2v) is 3.84. The molecule has 0 aliphatic carbocycles. The van der Waals surface area contributed by atoms with E-state index in [4.69, 9.17) is 0 Å². The lowest BCUT2D eigenvalue weighted by molar-refractivity contribution is 0.567. The highest BCUT2D eigenvalue weighted by molar-refractivity contribution is 5.73. The summed E-state index contributed by atoms with van der Waals surface area (Å²) in [4.78, 5) is 1.93. The fourth-order valence-corrected chi connectivity index (χ4v) is 1.98. The fourth-order valence-electron chi connectivity index (χ4n) is 1.98. The minimum Gasteiger partial charge on any atom is -0.379 e. The Bertz CT molecular complexity index is 379. The molecule has 82 valence electrons. The Morgan fingerprint density at radius 2 is 2.20 bits per heavy atom. The van der Waals surface area contributed by atoms with Crippen LogP contribution in [-0.4, -0.2) is 19.6 Å². The van der Waals surface area contributed by atoms with Gasteiger partial charge in [0.25, 0.3) is 0 Å². The van der Waals surface area contributed by atoms with Gasteiger partial charge in [0.15, 0.2) is 5.82 Å². The standard InChI is InChI=1S/C11H14F2N2/c1-3-8-6-14-11-9(13)4-7(12)5-10(11)15(8)2/h4-5,8,14H,3,6H2,1-2H3. The zero-order valence-corrected chi connectivity index (χ0v) is 8.85. The van der Waals surface area contributed by atoms with Gasteiger partial charge in [0.2, 0.25) is 0 Å². The summed E-state index contributed by atoms with van der Waals surface area (Å²) in [5, 5.41) is 3.01. The van der Waals surface area contributed by atoms with Crippen LogP contribution in [0.1, 0.15) is 13.3 Å². The van der Waals surface area contributed by atoms with Crippen LogP contribution in [0.5, 0.6) is 0 Å². The molecule has 1 aromatic rings. The quantitative estimate of drug-likeness (QED) is 0.769. The van der Waals surface area contributed by atoms with Crippen LogP contribution in [-0.2, 0) is 0 Å². The molecule has 2 rings (SSSR count). The van der Waals surface area contributed by atoms with Crippen molar-refractivity contribution in [3.63, 3.8) is 0 Å². The number of rotatable bonds is 1. The maximum absolute atomic E-state index is 13.4. The summed E-state index contributed by atoms with van der Waals surface area (Å²) < 4.78 is 26.5. The maximum Gasteiger partial charge on any atom is 0.151 e. The van der Waals surface area contributed by atoms with Crippen molar-refractivity contribution >= 4 is 11.4 Å². The molecule has 1 aliphatic heterocycles. The lowest BCUT2D eigenvalue weighted by Crippen LogP contribution is -2.41. The Labute approximate surface area is 87.9 Å². The third-order valence-electron chi connectivity index (χ3n) is 2.95. The Morgan fingerprint density at radius 1 is 1.47 bits per heavy atom. The van der Waals surface area contributed by atoms with Gasteiger partial charge in [0, 0.05) is 25.7 Å². The minimum atomic E-state index is -0.531. The molecule has 2 nitrogen and oxygen atoms in total. The molecule has 15 heavy (non-hydrogen) atoms. The first-order valence-electron chi connectivity index (χ1n) is 5.09. The lowest BCUT2D eigenvalue weighted by atomic mass is 10.1. The average molecular weight is 212 g/mol. The van der Waals surface area contributed by atoms with E-state index >= 15 is 0 Å². The Balaban J connectivity index is 2.46. The summed E-state index contributed by atoms with van der Waals surface area (Å²) in [5.74, 6) is -1.05. The van der Waals surface area contributed by atoms with Gasteiger partial charge in [-0.05, 0) is 12.5 Å². The summed E-state index contributed by atoms with van der Waals surface area (Å²) in [7, 11) is 1.87. The van der Waals surface area contributed by atoms with Crippen molar-refractivity contribution in [3.05, 3.63) is 23.8 Å². The third kappa shape index (κ3) is 1.64. The topological polar surface area (TPSA) is 15.3 Å². The summed E-state index contributed by atoms with van der Waals surface area (Å²) in [5.41, 5.74) is 1.01. The Kier molecular flexibility index (Phi) is 2.50. The van der Waals surface area contributed by atoms with E-state index < -0.39 is 11.6 Å². The zero-order chi connectivity index (χ0) is 11.0. The largest absolute Gasteiger partial charge is 0.379 e. The monoisotopic (exact) mass is 212 g/mol. The highest BCUT2D eigenvalue weighted by Crippen LogP contribution is 2.34. The van der Waals surface area contributed by atoms with Crippen LogP contribution in [0.3, 0.4) is 0 Å². The molecule has 1 aromatic carbocycles. The van der Waals surface area contributed by atoms with Crippen molar-refractivity contribution in [1.82, 2.24) is 0 Å². The van der Waals surface area contributed by atoms with Gasteiger partial charge in [-0.15, -0.1) is 0 Å². The van der Waals surface area contributed by atoms with E-state index in [2.05, 4.69) is 12.2 Å². The van der Waals surface area contributed by atoms with Gasteiger partial charge in [-0.25, -0.2) is 8.78 Å². The van der Waals surface area contributed by atoms with Crippen molar-refractivity contribution in [3.8, 4) is 0 Å². The molecule has 1 unspecified atom stereocenters. The van der Waals surface area contributed by atoms with Gasteiger partial charge in [0.1, 0.15) is 5.82 Å². The van der Waals surface area contributed by atoms with E-state index in [1.54, 1.807) is 0 Å². The molecule has 1 atom stereocenters. The van der Waals surface area contributed by atoms with Gasteiger partial charge >= 0.3 is 0 Å². The fraction of sp³-hybridized carbons (Fsp3) is 0.455. The number of fused-ring (bicyclic) bond motifs is 1. The SMILES string of the molecule is CCC1CNc2c(F)cc(F)cc2N1C. The van der Waals surface area contributed by atoms with Crippen molar-refractivity contribution in [1.29, 1.82) is 0 Å². The van der Waals surface area contributed by atoms with Crippen LogP contribution in [0.2, 0.25) is 0 Å². The number of nitrogens with one attached hydrogen (secondary N) is 1. The predicted octanol–water partition coefficient (Wildman–Crippen LogP) is 2.61. The summed E-state index contributed by atoms with van der Waals surface area (Å²) >= 11 is 0. The summed E-state index contributed by atoms with van der Waals surface area (Å²) in [6.07, 6.45) is 0.946. The molecule has 1 aliphatic rings. The van der Waals surface area contributed by atoms with Gasteiger partial charge in [0.05, 0.1) is 11.4 Å². The third-order valence-corrected chi connectivity index (χ3v) is 2.95. The number of anilines is 2. The van der Waals surface area contributed by atoms with Crippen LogP contribution in [0.15, 0.2) is 12.1 Å². The van der Waals surface area contributed by atoms with E-state index in [1.807, 2.05) is 11.9 Å². The predicted molar refractivity (Wildman–Crippen MR) is 57.3 cm³/mol. The van der Waals surface area contributed by atoms with Crippen LogP contribution < -0.4 is 10.2 Å². The van der Waals surface area contributed by atoms with E-state index in [0.717, 1.165) is 12.5 Å². The lowest BCUT2D eigenvalue weighted by Gasteiger charge is -2.36. The van der Waals surface area contributed by atoms with E-state index in [9.17, 15) is 8.78 Å². The van der Waals surface area contributed by atoms with Crippen LogP contribution in [0.4, 0.5) is 20.2 Å². The second kappa shape index (κ2) is 3.68. The van der Waals surface area contributed by atoms with Gasteiger partial charge < -0.3 is 10.2 Å². The highest BCUT2D eigenvalue weighted by Gasteiger charge is 2.24. The van der Waals surface area contributed by atoms with Crippen LogP contribution in [0, 0.1) is 11.6 Å². The molecule has 0 bridgehead atoms. The van der Waals surface area contributed by atoms with Crippen molar-refractivity contribution in [2.24, 2.45) is 0 Å². The smallest absolute Gasteiger partial charge is 0.151 e. The molecule has 0 radical (unpaired) electrons. The first kappa shape index (κ1) is 10.2. The van der Waals surface area contributed by atoms with E-state index in [-0.39, 0.29) is 0 Å². The van der Waals surface area contributed by atoms with Crippen molar-refractivity contribution in [2.75, 3.05) is 23.8 Å². The molecule has 0 saturated heterocycles. The molecule has 0 amide bonds. The molecule has 0 fully saturated rings. The molecular weight excluding hydrogens is 198 g/mol. The van der Waals surface area contributed by atoms with Gasteiger partial charge in [-0.3, -0.25) is 0 Å².